The molecule has 5 heteroatoms. The van der Waals surface area contributed by atoms with E-state index in [1.54, 1.807) is 31.2 Å². The van der Waals surface area contributed by atoms with Crippen LogP contribution in [0.3, 0.4) is 0 Å². The number of nitrogens with one attached hydrogen (secondary N) is 1. The second kappa shape index (κ2) is 7.61. The minimum atomic E-state index is -0.676. The van der Waals surface area contributed by atoms with Gasteiger partial charge in [0, 0.05) is 10.6 Å². The van der Waals surface area contributed by atoms with E-state index in [1.807, 2.05) is 30.3 Å². The van der Waals surface area contributed by atoms with E-state index >= 15 is 0 Å². The van der Waals surface area contributed by atoms with Gasteiger partial charge in [-0.1, -0.05) is 41.9 Å². The number of hydrogen-bond acceptors (Lipinski definition) is 3. The molecule has 1 N–H and O–H groups in total. The lowest BCUT2D eigenvalue weighted by Crippen LogP contribution is -2.38. The molecule has 0 spiro atoms. The number of halogens is 1. The maximum absolute atomic E-state index is 12.2. The van der Waals surface area contributed by atoms with Crippen LogP contribution in [0.1, 0.15) is 22.8 Å². The topological polar surface area (TPSA) is 55.4 Å². The van der Waals surface area contributed by atoms with Crippen molar-refractivity contribution in [3.8, 4) is 0 Å². The second-order valence-electron chi connectivity index (χ2n) is 4.80. The Balaban J connectivity index is 1.85. The van der Waals surface area contributed by atoms with Gasteiger partial charge in [0.1, 0.15) is 6.61 Å². The zero-order valence-electron chi connectivity index (χ0n) is 12.1. The van der Waals surface area contributed by atoms with Gasteiger partial charge in [-0.05, 0) is 36.8 Å². The quantitative estimate of drug-likeness (QED) is 0.852. The number of benzene rings is 2. The molecular weight excluding hydrogens is 302 g/mol. The lowest BCUT2D eigenvalue weighted by Gasteiger charge is -2.13. The number of ether oxygens (including phenoxy) is 1. The van der Waals surface area contributed by atoms with Gasteiger partial charge < -0.3 is 10.1 Å². The Labute approximate surface area is 134 Å². The van der Waals surface area contributed by atoms with Crippen LogP contribution in [-0.2, 0) is 11.3 Å². The summed E-state index contributed by atoms with van der Waals surface area (Å²) in [5.41, 5.74) is 1.37. The highest BCUT2D eigenvalue weighted by molar-refractivity contribution is 6.30. The molecule has 0 saturated carbocycles. The van der Waals surface area contributed by atoms with Crippen molar-refractivity contribution in [2.75, 3.05) is 0 Å². The zero-order chi connectivity index (χ0) is 15.9. The van der Waals surface area contributed by atoms with Gasteiger partial charge >= 0.3 is 6.09 Å². The third kappa shape index (κ3) is 4.60. The van der Waals surface area contributed by atoms with Gasteiger partial charge in [0.2, 0.25) is 0 Å². The summed E-state index contributed by atoms with van der Waals surface area (Å²) in [7, 11) is 0. The molecule has 0 aliphatic rings. The van der Waals surface area contributed by atoms with Crippen LogP contribution in [0.4, 0.5) is 4.79 Å². The summed E-state index contributed by atoms with van der Waals surface area (Å²) < 4.78 is 5.08. The Hall–Kier alpha value is -2.33. The van der Waals surface area contributed by atoms with Crippen molar-refractivity contribution in [1.29, 1.82) is 0 Å². The van der Waals surface area contributed by atoms with Gasteiger partial charge in [-0.15, -0.1) is 0 Å². The molecule has 2 aromatic carbocycles. The average molecular weight is 318 g/mol. The van der Waals surface area contributed by atoms with Crippen LogP contribution in [0.5, 0.6) is 0 Å². The zero-order valence-corrected chi connectivity index (χ0v) is 12.8. The smallest absolute Gasteiger partial charge is 0.408 e. The van der Waals surface area contributed by atoms with Crippen LogP contribution < -0.4 is 5.32 Å². The molecule has 4 nitrogen and oxygen atoms in total. The van der Waals surface area contributed by atoms with E-state index in [-0.39, 0.29) is 12.4 Å². The second-order valence-corrected chi connectivity index (χ2v) is 5.24. The standard InChI is InChI=1S/C17H16ClNO3/c1-12(16(20)14-7-9-15(18)10-8-14)19-17(21)22-11-13-5-3-2-4-6-13/h2-10,12H,11H2,1H3,(H,19,21). The fourth-order valence-electron chi connectivity index (χ4n) is 1.87. The van der Waals surface area contributed by atoms with Crippen LogP contribution >= 0.6 is 11.6 Å². The molecule has 1 amide bonds. The highest BCUT2D eigenvalue weighted by Crippen LogP contribution is 2.11. The van der Waals surface area contributed by atoms with E-state index < -0.39 is 12.1 Å². The third-order valence-corrected chi connectivity index (χ3v) is 3.32. The maximum atomic E-state index is 12.2. The van der Waals surface area contributed by atoms with Crippen molar-refractivity contribution >= 4 is 23.5 Å². The molecule has 114 valence electrons. The normalized spacial score (nSPS) is 11.5. The first-order valence-corrected chi connectivity index (χ1v) is 7.21. The van der Waals surface area contributed by atoms with Crippen molar-refractivity contribution in [3.63, 3.8) is 0 Å². The highest BCUT2D eigenvalue weighted by atomic mass is 35.5. The monoisotopic (exact) mass is 317 g/mol. The molecule has 0 aliphatic heterocycles. The van der Waals surface area contributed by atoms with E-state index in [4.69, 9.17) is 16.3 Å². The molecule has 0 saturated heterocycles. The molecule has 1 unspecified atom stereocenters. The Morgan fingerprint density at radius 2 is 1.73 bits per heavy atom. The van der Waals surface area contributed by atoms with E-state index in [1.165, 1.54) is 0 Å². The molecule has 0 aliphatic carbocycles. The van der Waals surface area contributed by atoms with Crippen LogP contribution in [0.15, 0.2) is 54.6 Å². The molecular formula is C17H16ClNO3. The molecule has 0 fully saturated rings. The van der Waals surface area contributed by atoms with Gasteiger partial charge in [-0.3, -0.25) is 4.79 Å². The van der Waals surface area contributed by atoms with Gasteiger partial charge in [-0.2, -0.15) is 0 Å². The first-order chi connectivity index (χ1) is 10.6. The fraction of sp³-hybridized carbons (Fsp3) is 0.176. The summed E-state index contributed by atoms with van der Waals surface area (Å²) in [6.07, 6.45) is -0.626. The van der Waals surface area contributed by atoms with E-state index in [9.17, 15) is 9.59 Å². The Morgan fingerprint density at radius 1 is 1.09 bits per heavy atom. The minimum absolute atomic E-state index is 0.161. The summed E-state index contributed by atoms with van der Waals surface area (Å²) >= 11 is 5.78. The van der Waals surface area contributed by atoms with Crippen LogP contribution in [-0.4, -0.2) is 17.9 Å². The SMILES string of the molecule is CC(NC(=O)OCc1ccccc1)C(=O)c1ccc(Cl)cc1. The molecule has 2 rings (SSSR count). The highest BCUT2D eigenvalue weighted by Gasteiger charge is 2.18. The van der Waals surface area contributed by atoms with Crippen molar-refractivity contribution in [2.24, 2.45) is 0 Å². The molecule has 0 radical (unpaired) electrons. The van der Waals surface area contributed by atoms with Gasteiger partial charge in [-0.25, -0.2) is 4.79 Å². The third-order valence-electron chi connectivity index (χ3n) is 3.07. The molecule has 0 heterocycles. The van der Waals surface area contributed by atoms with Crippen molar-refractivity contribution in [2.45, 2.75) is 19.6 Å². The molecule has 1 atom stereocenters. The summed E-state index contributed by atoms with van der Waals surface area (Å²) in [6, 6.07) is 15.2. The first-order valence-electron chi connectivity index (χ1n) is 6.83. The van der Waals surface area contributed by atoms with Crippen LogP contribution in [0.25, 0.3) is 0 Å². The Morgan fingerprint density at radius 3 is 2.36 bits per heavy atom. The summed E-state index contributed by atoms with van der Waals surface area (Å²) in [5, 5.41) is 3.07. The number of amides is 1. The lowest BCUT2D eigenvalue weighted by molar-refractivity contribution is 0.0926. The van der Waals surface area contributed by atoms with Gasteiger partial charge in [0.05, 0.1) is 6.04 Å². The lowest BCUT2D eigenvalue weighted by atomic mass is 10.1. The van der Waals surface area contributed by atoms with E-state index in [0.717, 1.165) is 5.56 Å². The van der Waals surface area contributed by atoms with E-state index in [0.29, 0.717) is 10.6 Å². The van der Waals surface area contributed by atoms with E-state index in [2.05, 4.69) is 5.32 Å². The number of rotatable bonds is 5. The number of Topliss-reactive ketones (excluding diaryl/α,β-unsaturated/α-hetero) is 1. The minimum Gasteiger partial charge on any atom is -0.445 e. The van der Waals surface area contributed by atoms with Crippen LogP contribution in [0.2, 0.25) is 5.02 Å². The summed E-state index contributed by atoms with van der Waals surface area (Å²) in [4.78, 5) is 23.9. The number of carbonyl (C=O) groups excluding carboxylic acids is 2. The Bertz CT molecular complexity index is 641. The van der Waals surface area contributed by atoms with Crippen molar-refractivity contribution in [3.05, 3.63) is 70.7 Å². The average Bonchev–Trinajstić information content (AvgIpc) is 2.54. The molecule has 2 aromatic rings. The van der Waals surface area contributed by atoms with Crippen LogP contribution in [0, 0.1) is 0 Å². The number of ketones is 1. The number of carbonyl (C=O) groups is 2. The summed E-state index contributed by atoms with van der Waals surface area (Å²) in [5.74, 6) is -0.201. The fourth-order valence-corrected chi connectivity index (χ4v) is 2.00. The number of hydrogen-bond donors (Lipinski definition) is 1. The Kier molecular flexibility index (Phi) is 5.55. The van der Waals surface area contributed by atoms with Crippen molar-refractivity contribution < 1.29 is 14.3 Å². The molecule has 22 heavy (non-hydrogen) atoms. The predicted octanol–water partition coefficient (Wildman–Crippen LogP) is 3.84. The molecule has 0 bridgehead atoms. The number of alkyl carbamates (subject to hydrolysis) is 1. The first kappa shape index (κ1) is 16.0. The largest absolute Gasteiger partial charge is 0.445 e. The predicted molar refractivity (Wildman–Crippen MR) is 85.0 cm³/mol. The van der Waals surface area contributed by atoms with Gasteiger partial charge in [0.15, 0.2) is 5.78 Å². The van der Waals surface area contributed by atoms with Crippen molar-refractivity contribution in [1.82, 2.24) is 5.32 Å². The molecule has 0 aromatic heterocycles. The van der Waals surface area contributed by atoms with Gasteiger partial charge in [0.25, 0.3) is 0 Å². The maximum Gasteiger partial charge on any atom is 0.408 e. The summed E-state index contributed by atoms with van der Waals surface area (Å²) in [6.45, 7) is 1.77.